The van der Waals surface area contributed by atoms with Gasteiger partial charge in [0, 0.05) is 13.7 Å². The first-order valence-corrected chi connectivity index (χ1v) is 9.04. The number of aromatic nitrogens is 2. The Kier molecular flexibility index (Phi) is 10.2. The molecule has 1 heterocycles. The number of imidazole rings is 1. The SMILES string of the molecule is COCCOCCOCCOCCOCCn1c(C)nc2ccccc21. The number of fused-ring (bicyclic) bond motifs is 1. The largest absolute Gasteiger partial charge is 0.382 e. The fraction of sp³-hybridized carbons (Fsp3) is 0.632. The maximum Gasteiger partial charge on any atom is 0.106 e. The van der Waals surface area contributed by atoms with Crippen LogP contribution in [0.2, 0.25) is 0 Å². The molecule has 0 bridgehead atoms. The molecule has 0 aliphatic rings. The number of rotatable bonds is 15. The molecule has 0 aliphatic carbocycles. The summed E-state index contributed by atoms with van der Waals surface area (Å²) in [5, 5.41) is 0. The number of benzene rings is 1. The van der Waals surface area contributed by atoms with Crippen LogP contribution in [0.1, 0.15) is 5.82 Å². The highest BCUT2D eigenvalue weighted by atomic mass is 16.6. The van der Waals surface area contributed by atoms with Gasteiger partial charge in [-0.1, -0.05) is 12.1 Å². The molecule has 0 saturated carbocycles. The quantitative estimate of drug-likeness (QED) is 0.450. The highest BCUT2D eigenvalue weighted by Crippen LogP contribution is 2.14. The van der Waals surface area contributed by atoms with Gasteiger partial charge in [0.1, 0.15) is 5.82 Å². The van der Waals surface area contributed by atoms with Crippen molar-refractivity contribution < 1.29 is 23.7 Å². The van der Waals surface area contributed by atoms with Crippen molar-refractivity contribution in [2.75, 3.05) is 66.6 Å². The maximum absolute atomic E-state index is 5.65. The van der Waals surface area contributed by atoms with E-state index in [9.17, 15) is 0 Å². The van der Waals surface area contributed by atoms with E-state index in [1.807, 2.05) is 25.1 Å². The monoisotopic (exact) mass is 366 g/mol. The second kappa shape index (κ2) is 12.8. The topological polar surface area (TPSA) is 64.0 Å². The highest BCUT2D eigenvalue weighted by molar-refractivity contribution is 5.75. The first-order chi connectivity index (χ1) is 12.8. The fourth-order valence-electron chi connectivity index (χ4n) is 2.54. The van der Waals surface area contributed by atoms with Crippen molar-refractivity contribution in [3.63, 3.8) is 0 Å². The molecule has 0 amide bonds. The lowest BCUT2D eigenvalue weighted by atomic mass is 10.3. The van der Waals surface area contributed by atoms with Gasteiger partial charge in [0.05, 0.1) is 70.5 Å². The summed E-state index contributed by atoms with van der Waals surface area (Å²) < 4.78 is 28.9. The Morgan fingerprint density at radius 1 is 0.769 bits per heavy atom. The van der Waals surface area contributed by atoms with Crippen LogP contribution < -0.4 is 0 Å². The molecule has 1 aromatic carbocycles. The van der Waals surface area contributed by atoms with Crippen LogP contribution in [0, 0.1) is 6.92 Å². The molecular weight excluding hydrogens is 336 g/mol. The molecule has 0 fully saturated rings. The van der Waals surface area contributed by atoms with Gasteiger partial charge in [-0.3, -0.25) is 0 Å². The molecule has 0 radical (unpaired) electrons. The van der Waals surface area contributed by atoms with Crippen LogP contribution in [0.4, 0.5) is 0 Å². The smallest absolute Gasteiger partial charge is 0.106 e. The number of methoxy groups -OCH3 is 1. The van der Waals surface area contributed by atoms with Crippen LogP contribution in [0.5, 0.6) is 0 Å². The van der Waals surface area contributed by atoms with Crippen molar-refractivity contribution in [1.82, 2.24) is 9.55 Å². The predicted octanol–water partition coefficient (Wildman–Crippen LogP) is 2.06. The van der Waals surface area contributed by atoms with E-state index in [-0.39, 0.29) is 0 Å². The minimum absolute atomic E-state index is 0.562. The number of ether oxygens (including phenoxy) is 5. The highest BCUT2D eigenvalue weighted by Gasteiger charge is 2.05. The second-order valence-corrected chi connectivity index (χ2v) is 5.74. The third-order valence-electron chi connectivity index (χ3n) is 3.85. The number of nitrogens with zero attached hydrogens (tertiary/aromatic N) is 2. The Morgan fingerprint density at radius 2 is 1.31 bits per heavy atom. The van der Waals surface area contributed by atoms with E-state index in [1.165, 1.54) is 0 Å². The van der Waals surface area contributed by atoms with E-state index in [0.717, 1.165) is 23.4 Å². The molecule has 0 unspecified atom stereocenters. The van der Waals surface area contributed by atoms with E-state index < -0.39 is 0 Å². The summed E-state index contributed by atoms with van der Waals surface area (Å²) in [6.45, 7) is 8.08. The lowest BCUT2D eigenvalue weighted by Crippen LogP contribution is -2.14. The maximum atomic E-state index is 5.65. The lowest BCUT2D eigenvalue weighted by Gasteiger charge is -2.09. The van der Waals surface area contributed by atoms with Crippen molar-refractivity contribution in [3.05, 3.63) is 30.1 Å². The second-order valence-electron chi connectivity index (χ2n) is 5.74. The van der Waals surface area contributed by atoms with Crippen LogP contribution in [-0.4, -0.2) is 76.1 Å². The third-order valence-corrected chi connectivity index (χ3v) is 3.85. The van der Waals surface area contributed by atoms with Gasteiger partial charge in [-0.05, 0) is 19.1 Å². The first-order valence-electron chi connectivity index (χ1n) is 9.04. The Hall–Kier alpha value is -1.51. The number of para-hydroxylation sites is 2. The van der Waals surface area contributed by atoms with Crippen LogP contribution >= 0.6 is 0 Å². The molecule has 26 heavy (non-hydrogen) atoms. The molecule has 2 aromatic rings. The summed E-state index contributed by atoms with van der Waals surface area (Å²) >= 11 is 0. The number of aryl methyl sites for hydroxylation is 1. The van der Waals surface area contributed by atoms with Gasteiger partial charge in [0.25, 0.3) is 0 Å². The molecule has 2 rings (SSSR count). The van der Waals surface area contributed by atoms with Crippen molar-refractivity contribution in [3.8, 4) is 0 Å². The Balaban J connectivity index is 1.43. The molecule has 0 aliphatic heterocycles. The van der Waals surface area contributed by atoms with E-state index in [4.69, 9.17) is 23.7 Å². The van der Waals surface area contributed by atoms with Gasteiger partial charge in [0.15, 0.2) is 0 Å². The molecular formula is C19H30N2O5. The first kappa shape index (κ1) is 20.8. The summed E-state index contributed by atoms with van der Waals surface area (Å²) in [5.74, 6) is 1.01. The summed E-state index contributed by atoms with van der Waals surface area (Å²) in [4.78, 5) is 4.55. The summed E-state index contributed by atoms with van der Waals surface area (Å²) in [7, 11) is 1.65. The van der Waals surface area contributed by atoms with E-state index in [1.54, 1.807) is 7.11 Å². The lowest BCUT2D eigenvalue weighted by molar-refractivity contribution is -0.00826. The van der Waals surface area contributed by atoms with Gasteiger partial charge >= 0.3 is 0 Å². The molecule has 146 valence electrons. The minimum atomic E-state index is 0.562. The molecule has 0 atom stereocenters. The zero-order chi connectivity index (χ0) is 18.5. The molecule has 0 N–H and O–H groups in total. The summed E-state index contributed by atoms with van der Waals surface area (Å²) in [6.07, 6.45) is 0. The summed E-state index contributed by atoms with van der Waals surface area (Å²) in [5.41, 5.74) is 2.17. The molecule has 0 spiro atoms. The van der Waals surface area contributed by atoms with Gasteiger partial charge < -0.3 is 28.3 Å². The predicted molar refractivity (Wildman–Crippen MR) is 99.6 cm³/mol. The van der Waals surface area contributed by atoms with E-state index >= 15 is 0 Å². The van der Waals surface area contributed by atoms with Gasteiger partial charge in [-0.25, -0.2) is 4.98 Å². The van der Waals surface area contributed by atoms with Crippen molar-refractivity contribution in [1.29, 1.82) is 0 Å². The van der Waals surface area contributed by atoms with Crippen molar-refractivity contribution in [2.24, 2.45) is 0 Å². The minimum Gasteiger partial charge on any atom is -0.382 e. The summed E-state index contributed by atoms with van der Waals surface area (Å²) in [6, 6.07) is 8.15. The van der Waals surface area contributed by atoms with Crippen LogP contribution in [0.3, 0.4) is 0 Å². The third kappa shape index (κ3) is 7.39. The van der Waals surface area contributed by atoms with Crippen LogP contribution in [-0.2, 0) is 30.2 Å². The van der Waals surface area contributed by atoms with Gasteiger partial charge in [0.2, 0.25) is 0 Å². The average molecular weight is 366 g/mol. The number of hydrogen-bond acceptors (Lipinski definition) is 6. The molecule has 1 aromatic heterocycles. The zero-order valence-electron chi connectivity index (χ0n) is 15.8. The standard InChI is InChI=1S/C19H30N2O5/c1-17-20-18-5-3-4-6-19(18)21(17)7-8-23-11-12-25-15-16-26-14-13-24-10-9-22-2/h3-6H,7-16H2,1-2H3. The molecule has 7 nitrogen and oxygen atoms in total. The Labute approximate surface area is 155 Å². The normalized spacial score (nSPS) is 11.5. The van der Waals surface area contributed by atoms with Crippen molar-refractivity contribution >= 4 is 11.0 Å². The van der Waals surface area contributed by atoms with Gasteiger partial charge in [-0.15, -0.1) is 0 Å². The van der Waals surface area contributed by atoms with E-state index in [2.05, 4.69) is 15.6 Å². The van der Waals surface area contributed by atoms with E-state index in [0.29, 0.717) is 59.5 Å². The molecule has 0 saturated heterocycles. The fourth-order valence-corrected chi connectivity index (χ4v) is 2.54. The Bertz CT molecular complexity index is 617. The number of hydrogen-bond donors (Lipinski definition) is 0. The Morgan fingerprint density at radius 3 is 1.92 bits per heavy atom. The molecule has 7 heteroatoms. The van der Waals surface area contributed by atoms with Crippen molar-refractivity contribution in [2.45, 2.75) is 13.5 Å². The van der Waals surface area contributed by atoms with Gasteiger partial charge in [-0.2, -0.15) is 0 Å². The van der Waals surface area contributed by atoms with Crippen LogP contribution in [0.25, 0.3) is 11.0 Å². The van der Waals surface area contributed by atoms with Crippen LogP contribution in [0.15, 0.2) is 24.3 Å². The average Bonchev–Trinajstić information content (AvgIpc) is 2.97. The zero-order valence-corrected chi connectivity index (χ0v) is 15.8.